The van der Waals surface area contributed by atoms with Crippen LogP contribution < -0.4 is 4.74 Å². The van der Waals surface area contributed by atoms with Crippen molar-refractivity contribution in [3.05, 3.63) is 76.8 Å². The van der Waals surface area contributed by atoms with Gasteiger partial charge in [-0.05, 0) is 60.1 Å². The van der Waals surface area contributed by atoms with Crippen molar-refractivity contribution in [3.63, 3.8) is 0 Å². The first kappa shape index (κ1) is 19.1. The van der Waals surface area contributed by atoms with Gasteiger partial charge in [-0.15, -0.1) is 0 Å². The van der Waals surface area contributed by atoms with Crippen molar-refractivity contribution in [2.24, 2.45) is 28.8 Å². The normalized spacial score (nSPS) is 27.2. The van der Waals surface area contributed by atoms with Gasteiger partial charge in [-0.3, -0.25) is 9.59 Å². The van der Waals surface area contributed by atoms with Crippen LogP contribution in [0.15, 0.2) is 65.8 Å². The second kappa shape index (κ2) is 7.73. The number of carbonyl (C=O) groups is 2. The molecular formula is C24H21ClN2O3. The Bertz CT molecular complexity index is 1010. The van der Waals surface area contributed by atoms with Gasteiger partial charge in [-0.1, -0.05) is 48.0 Å². The van der Waals surface area contributed by atoms with Gasteiger partial charge in [0.05, 0.1) is 18.1 Å². The predicted molar refractivity (Wildman–Crippen MR) is 114 cm³/mol. The zero-order valence-electron chi connectivity index (χ0n) is 16.3. The Morgan fingerprint density at radius 2 is 1.67 bits per heavy atom. The topological polar surface area (TPSA) is 59.0 Å². The van der Waals surface area contributed by atoms with Crippen LogP contribution in [-0.2, 0) is 16.2 Å². The van der Waals surface area contributed by atoms with Crippen LogP contribution >= 0.6 is 11.6 Å². The minimum Gasteiger partial charge on any atom is -0.489 e. The van der Waals surface area contributed by atoms with Crippen molar-refractivity contribution in [2.45, 2.75) is 19.4 Å². The molecule has 0 unspecified atom stereocenters. The second-order valence-corrected chi connectivity index (χ2v) is 8.50. The first-order chi connectivity index (χ1) is 14.6. The highest BCUT2D eigenvalue weighted by molar-refractivity contribution is 6.30. The predicted octanol–water partition coefficient (Wildman–Crippen LogP) is 4.45. The van der Waals surface area contributed by atoms with Gasteiger partial charge in [-0.25, -0.2) is 0 Å². The summed E-state index contributed by atoms with van der Waals surface area (Å²) in [5, 5.41) is 6.02. The van der Waals surface area contributed by atoms with Gasteiger partial charge in [0.25, 0.3) is 11.8 Å². The molecule has 1 saturated heterocycles. The number of benzene rings is 2. The van der Waals surface area contributed by atoms with Crippen LogP contribution in [0.4, 0.5) is 0 Å². The summed E-state index contributed by atoms with van der Waals surface area (Å²) in [4.78, 5) is 25.7. The highest BCUT2D eigenvalue weighted by Crippen LogP contribution is 2.49. The van der Waals surface area contributed by atoms with Crippen LogP contribution in [0.5, 0.6) is 5.75 Å². The lowest BCUT2D eigenvalue weighted by Gasteiger charge is -2.37. The van der Waals surface area contributed by atoms with Crippen LogP contribution in [-0.4, -0.2) is 23.0 Å². The molecule has 1 saturated carbocycles. The molecule has 0 aromatic heterocycles. The number of fused-ring (bicyclic) bond motifs is 1. The first-order valence-electron chi connectivity index (χ1n) is 10.2. The number of carbonyl (C=O) groups excluding carboxylic acids is 2. The molecule has 30 heavy (non-hydrogen) atoms. The molecule has 2 bridgehead atoms. The maximum Gasteiger partial charge on any atom is 0.254 e. The number of rotatable bonds is 5. The van der Waals surface area contributed by atoms with E-state index in [-0.39, 0.29) is 35.5 Å². The number of ether oxygens (including phenoxy) is 1. The summed E-state index contributed by atoms with van der Waals surface area (Å²) in [6.07, 6.45) is 7.72. The number of imide groups is 1. The Hall–Kier alpha value is -2.92. The summed E-state index contributed by atoms with van der Waals surface area (Å²) in [6, 6.07) is 14.9. The Labute approximate surface area is 180 Å². The molecule has 152 valence electrons. The molecule has 2 aromatic rings. The number of hydrazone groups is 1. The monoisotopic (exact) mass is 420 g/mol. The molecule has 2 aromatic carbocycles. The lowest BCUT2D eigenvalue weighted by molar-refractivity contribution is -0.140. The fourth-order valence-electron chi connectivity index (χ4n) is 4.73. The van der Waals surface area contributed by atoms with Gasteiger partial charge < -0.3 is 4.74 Å². The molecule has 3 aliphatic carbocycles. The van der Waals surface area contributed by atoms with Gasteiger partial charge in [0.2, 0.25) is 0 Å². The van der Waals surface area contributed by atoms with Crippen LogP contribution in [0.2, 0.25) is 5.02 Å². The van der Waals surface area contributed by atoms with E-state index in [1.54, 1.807) is 6.21 Å². The van der Waals surface area contributed by atoms with Crippen molar-refractivity contribution in [2.75, 3.05) is 0 Å². The van der Waals surface area contributed by atoms with Crippen LogP contribution in [0, 0.1) is 23.7 Å². The molecule has 5 nitrogen and oxygen atoms in total. The van der Waals surface area contributed by atoms with E-state index in [0.717, 1.165) is 29.0 Å². The quantitative estimate of drug-likeness (QED) is 0.408. The molecule has 0 N–H and O–H groups in total. The fourth-order valence-corrected chi connectivity index (χ4v) is 4.85. The highest BCUT2D eigenvalue weighted by Gasteiger charge is 2.56. The number of hydrogen-bond acceptors (Lipinski definition) is 4. The lowest BCUT2D eigenvalue weighted by Crippen LogP contribution is -2.38. The van der Waals surface area contributed by atoms with E-state index in [2.05, 4.69) is 17.3 Å². The third-order valence-electron chi connectivity index (χ3n) is 6.24. The Kier molecular flexibility index (Phi) is 4.91. The summed E-state index contributed by atoms with van der Waals surface area (Å²) in [5.74, 6) is 0.192. The largest absolute Gasteiger partial charge is 0.489 e. The van der Waals surface area contributed by atoms with Gasteiger partial charge in [-0.2, -0.15) is 10.1 Å². The third kappa shape index (κ3) is 3.43. The van der Waals surface area contributed by atoms with Crippen molar-refractivity contribution >= 4 is 29.6 Å². The Morgan fingerprint density at radius 3 is 2.30 bits per heavy atom. The van der Waals surface area contributed by atoms with Gasteiger partial charge in [0.1, 0.15) is 12.4 Å². The van der Waals surface area contributed by atoms with E-state index >= 15 is 0 Å². The average molecular weight is 421 g/mol. The average Bonchev–Trinajstić information content (AvgIpc) is 3.05. The van der Waals surface area contributed by atoms with Crippen molar-refractivity contribution in [1.82, 2.24) is 5.01 Å². The number of allylic oxidation sites excluding steroid dienone is 2. The highest BCUT2D eigenvalue weighted by atomic mass is 35.5. The van der Waals surface area contributed by atoms with Crippen LogP contribution in [0.3, 0.4) is 0 Å². The van der Waals surface area contributed by atoms with Gasteiger partial charge in [0, 0.05) is 5.02 Å². The summed E-state index contributed by atoms with van der Waals surface area (Å²) in [6.45, 7) is 0.417. The van der Waals surface area contributed by atoms with E-state index in [0.29, 0.717) is 17.4 Å². The maximum atomic E-state index is 12.8. The molecule has 6 rings (SSSR count). The summed E-state index contributed by atoms with van der Waals surface area (Å²) in [7, 11) is 0. The second-order valence-electron chi connectivity index (χ2n) is 8.06. The van der Waals surface area contributed by atoms with Crippen LogP contribution in [0.25, 0.3) is 0 Å². The molecule has 4 atom stereocenters. The number of halogens is 1. The van der Waals surface area contributed by atoms with Gasteiger partial charge >= 0.3 is 0 Å². The van der Waals surface area contributed by atoms with E-state index in [9.17, 15) is 9.59 Å². The molecule has 1 heterocycles. The standard InChI is InChI=1S/C24H21ClN2O3/c25-19-10-4-15(5-11-19)14-30-20-3-1-2-16(12-20)13-26-27-23(28)21-17-6-7-18(9-8-17)22(21)24(27)29/h1-7,10-13,17-18,21-22H,8-9,14H2/b26-13-/t17-,18+,21-,22+. The minimum absolute atomic E-state index is 0.168. The Balaban J connectivity index is 1.28. The summed E-state index contributed by atoms with van der Waals surface area (Å²) < 4.78 is 5.84. The van der Waals surface area contributed by atoms with E-state index < -0.39 is 0 Å². The van der Waals surface area contributed by atoms with E-state index in [1.165, 1.54) is 0 Å². The summed E-state index contributed by atoms with van der Waals surface area (Å²) >= 11 is 5.91. The SMILES string of the molecule is O=C1[C@@H]2[C@H](C(=O)N1/N=C\c1cccc(OCc3ccc(Cl)cc3)c1)[C@@H]1C=C[C@H]2CC1. The van der Waals surface area contributed by atoms with Gasteiger partial charge in [0.15, 0.2) is 0 Å². The third-order valence-corrected chi connectivity index (χ3v) is 6.49. The molecule has 2 amide bonds. The number of hydrogen-bond donors (Lipinski definition) is 0. The minimum atomic E-state index is -0.243. The lowest BCUT2D eigenvalue weighted by atomic mass is 9.63. The molecule has 1 aliphatic heterocycles. The van der Waals surface area contributed by atoms with Crippen molar-refractivity contribution < 1.29 is 14.3 Å². The molecule has 2 fully saturated rings. The molecule has 0 radical (unpaired) electrons. The molecule has 6 heteroatoms. The Morgan fingerprint density at radius 1 is 1.00 bits per heavy atom. The van der Waals surface area contributed by atoms with Crippen LogP contribution in [0.1, 0.15) is 24.0 Å². The zero-order chi connectivity index (χ0) is 20.7. The maximum absolute atomic E-state index is 12.8. The first-order valence-corrected chi connectivity index (χ1v) is 10.6. The van der Waals surface area contributed by atoms with E-state index in [1.807, 2.05) is 48.5 Å². The molecule has 4 aliphatic rings. The number of amides is 2. The zero-order valence-corrected chi connectivity index (χ0v) is 17.0. The molecular weight excluding hydrogens is 400 g/mol. The van der Waals surface area contributed by atoms with E-state index in [4.69, 9.17) is 16.3 Å². The van der Waals surface area contributed by atoms with Crippen molar-refractivity contribution in [1.29, 1.82) is 0 Å². The fraction of sp³-hybridized carbons (Fsp3) is 0.292. The molecule has 0 spiro atoms. The smallest absolute Gasteiger partial charge is 0.254 e. The van der Waals surface area contributed by atoms with Crippen molar-refractivity contribution in [3.8, 4) is 5.75 Å². The summed E-state index contributed by atoms with van der Waals surface area (Å²) in [5.41, 5.74) is 1.78. The number of nitrogens with zero attached hydrogens (tertiary/aromatic N) is 2.